The van der Waals surface area contributed by atoms with Gasteiger partial charge in [-0.2, -0.15) is 0 Å². The van der Waals surface area contributed by atoms with Gasteiger partial charge in [0.1, 0.15) is 0 Å². The first kappa shape index (κ1) is 47.7. The third kappa shape index (κ3) is 22.5. The molecule has 0 bridgehead atoms. The summed E-state index contributed by atoms with van der Waals surface area (Å²) in [5.41, 5.74) is 1.51. The lowest BCUT2D eigenvalue weighted by Gasteiger charge is -2.26. The van der Waals surface area contributed by atoms with E-state index in [0.29, 0.717) is 55.2 Å². The van der Waals surface area contributed by atoms with Crippen LogP contribution in [0.25, 0.3) is 0 Å². The van der Waals surface area contributed by atoms with Gasteiger partial charge in [0.15, 0.2) is 0 Å². The molecule has 10 nitrogen and oxygen atoms in total. The number of esters is 3. The molecule has 0 aliphatic heterocycles. The summed E-state index contributed by atoms with van der Waals surface area (Å²) in [4.78, 5) is 39.2. The van der Waals surface area contributed by atoms with Gasteiger partial charge >= 0.3 is 25.7 Å². The summed E-state index contributed by atoms with van der Waals surface area (Å²) < 4.78 is 47.5. The van der Waals surface area contributed by atoms with Crippen molar-refractivity contribution in [3.05, 3.63) is 34.9 Å². The van der Waals surface area contributed by atoms with Gasteiger partial charge in [0.2, 0.25) is 18.9 Å². The number of phosphoric ester groups is 1. The third-order valence-electron chi connectivity index (χ3n) is 7.69. The molecule has 0 aliphatic rings. The zero-order chi connectivity index (χ0) is 37.8. The van der Waals surface area contributed by atoms with Crippen molar-refractivity contribution in [3.63, 3.8) is 0 Å². The summed E-state index contributed by atoms with van der Waals surface area (Å²) in [5.74, 6) is -1.80. The van der Waals surface area contributed by atoms with Gasteiger partial charge in [-0.1, -0.05) is 118 Å². The molecule has 0 saturated heterocycles. The fourth-order valence-electron chi connectivity index (χ4n) is 5.19. The smallest absolute Gasteiger partial charge is 0.432 e. The summed E-state index contributed by atoms with van der Waals surface area (Å²) in [6, 6.07) is 0. The number of unbranched alkanes of at least 4 members (excludes halogenated alkanes) is 9. The zero-order valence-electron chi connectivity index (χ0n) is 32.7. The molecule has 0 N–H and O–H groups in total. The first-order valence-electron chi connectivity index (χ1n) is 19.2. The fourth-order valence-corrected chi connectivity index (χ4v) is 6.56. The van der Waals surface area contributed by atoms with Crippen LogP contribution < -0.4 is 0 Å². The Bertz CT molecular complexity index is 963. The van der Waals surface area contributed by atoms with Crippen molar-refractivity contribution < 1.29 is 46.7 Å². The molecule has 0 fully saturated rings. The number of carbonyl (C=O) groups excluding carboxylic acids is 3. The van der Waals surface area contributed by atoms with Gasteiger partial charge in [-0.3, -0.25) is 0 Å². The van der Waals surface area contributed by atoms with Crippen LogP contribution in [-0.4, -0.2) is 36.8 Å². The molecular formula is C39H69O10P. The summed E-state index contributed by atoms with van der Waals surface area (Å²) in [5, 5.41) is 0. The topological polar surface area (TPSA) is 124 Å². The van der Waals surface area contributed by atoms with Crippen LogP contribution in [0.3, 0.4) is 0 Å². The second-order valence-electron chi connectivity index (χ2n) is 12.5. The molecule has 0 spiro atoms. The maximum absolute atomic E-state index is 14.1. The van der Waals surface area contributed by atoms with E-state index in [9.17, 15) is 18.9 Å². The zero-order valence-corrected chi connectivity index (χ0v) is 33.6. The van der Waals surface area contributed by atoms with Crippen LogP contribution in [0, 0.1) is 0 Å². The third-order valence-corrected chi connectivity index (χ3v) is 9.35. The lowest BCUT2D eigenvalue weighted by atomic mass is 10.1. The van der Waals surface area contributed by atoms with Crippen molar-refractivity contribution >= 4 is 25.7 Å². The lowest BCUT2D eigenvalue weighted by Crippen LogP contribution is -2.26. The summed E-state index contributed by atoms with van der Waals surface area (Å²) in [7, 11) is -4.67. The first-order chi connectivity index (χ1) is 23.9. The number of carbonyl (C=O) groups is 3. The SMILES string of the molecule is CC/C=C(\CCCCCC)C(=O)OC(C)OP(=O)(OC(C)OC(=O)/C(=C/CC)CCCCCC)OC(C)OC(=O)/C(=C/CC)CCCCCC. The van der Waals surface area contributed by atoms with Gasteiger partial charge < -0.3 is 14.2 Å². The molecule has 50 heavy (non-hydrogen) atoms. The van der Waals surface area contributed by atoms with Crippen molar-refractivity contribution in [1.29, 1.82) is 0 Å². The highest BCUT2D eigenvalue weighted by molar-refractivity contribution is 7.48. The molecule has 0 aromatic carbocycles. The Kier molecular flexibility index (Phi) is 28.0. The summed E-state index contributed by atoms with van der Waals surface area (Å²) >= 11 is 0. The molecule has 0 amide bonds. The molecule has 0 aliphatic carbocycles. The van der Waals surface area contributed by atoms with Crippen LogP contribution in [0.1, 0.15) is 178 Å². The molecule has 0 rings (SSSR count). The molecule has 0 aromatic rings. The number of allylic oxidation sites excluding steroid dienone is 3. The molecule has 3 atom stereocenters. The number of hydrogen-bond donors (Lipinski definition) is 0. The second kappa shape index (κ2) is 29.3. The van der Waals surface area contributed by atoms with Crippen molar-refractivity contribution in [3.8, 4) is 0 Å². The number of ether oxygens (including phenoxy) is 3. The maximum atomic E-state index is 14.1. The van der Waals surface area contributed by atoms with Crippen molar-refractivity contribution in [2.24, 2.45) is 0 Å². The normalized spacial score (nSPS) is 15.6. The van der Waals surface area contributed by atoms with Gasteiger partial charge in [-0.05, 0) is 78.6 Å². The van der Waals surface area contributed by atoms with E-state index in [4.69, 9.17) is 27.8 Å². The predicted octanol–water partition coefficient (Wildman–Crippen LogP) is 11.7. The molecular weight excluding hydrogens is 659 g/mol. The quantitative estimate of drug-likeness (QED) is 0.0176. The molecule has 0 radical (unpaired) electrons. The van der Waals surface area contributed by atoms with Crippen LogP contribution in [0.15, 0.2) is 34.9 Å². The molecule has 0 aromatic heterocycles. The van der Waals surface area contributed by atoms with E-state index >= 15 is 0 Å². The van der Waals surface area contributed by atoms with Gasteiger partial charge in [0, 0.05) is 16.7 Å². The van der Waals surface area contributed by atoms with Gasteiger partial charge in [-0.25, -0.2) is 32.5 Å². The van der Waals surface area contributed by atoms with Crippen LogP contribution in [0.5, 0.6) is 0 Å². The minimum absolute atomic E-state index is 0.503. The van der Waals surface area contributed by atoms with Gasteiger partial charge in [0.25, 0.3) is 0 Å². The van der Waals surface area contributed by atoms with E-state index in [0.717, 1.165) is 77.0 Å². The fraction of sp³-hybridized carbons (Fsp3) is 0.769. The largest absolute Gasteiger partial charge is 0.484 e. The molecule has 290 valence electrons. The highest BCUT2D eigenvalue weighted by Crippen LogP contribution is 2.53. The minimum Gasteiger partial charge on any atom is -0.432 e. The average Bonchev–Trinajstić information content (AvgIpc) is 3.04. The Morgan fingerprint density at radius 1 is 0.460 bits per heavy atom. The van der Waals surface area contributed by atoms with Crippen LogP contribution >= 0.6 is 7.82 Å². The van der Waals surface area contributed by atoms with Gasteiger partial charge in [0.05, 0.1) is 0 Å². The number of hydrogen-bond acceptors (Lipinski definition) is 10. The van der Waals surface area contributed by atoms with E-state index in [-0.39, 0.29) is 0 Å². The number of phosphoric acid groups is 1. The van der Waals surface area contributed by atoms with Crippen molar-refractivity contribution in [1.82, 2.24) is 0 Å². The Hall–Kier alpha value is -2.26. The maximum Gasteiger partial charge on any atom is 0.484 e. The minimum atomic E-state index is -4.67. The standard InChI is InChI=1S/C39H69O10P/c1-10-16-19-22-28-34(25-13-4)37(40)44-31(7)47-50(43,48-32(8)45-38(41)35(26-14-5)29-23-20-17-11-2)49-33(9)46-39(42)36(27-15-6)30-24-21-18-12-3/h25-27,31-33H,10-24,28-30H2,1-9H3/b34-25+,35-26+,36-27+. The molecule has 0 saturated carbocycles. The monoisotopic (exact) mass is 728 g/mol. The second-order valence-corrected chi connectivity index (χ2v) is 14.1. The summed E-state index contributed by atoms with van der Waals surface area (Å²) in [6.07, 6.45) is 16.8. The summed E-state index contributed by atoms with van der Waals surface area (Å²) in [6.45, 7) is 16.3. The van der Waals surface area contributed by atoms with Crippen LogP contribution in [0.2, 0.25) is 0 Å². The average molecular weight is 729 g/mol. The Balaban J connectivity index is 5.94. The predicted molar refractivity (Wildman–Crippen MR) is 199 cm³/mol. The lowest BCUT2D eigenvalue weighted by molar-refractivity contribution is -0.174. The van der Waals surface area contributed by atoms with Crippen LogP contribution in [-0.2, 0) is 46.7 Å². The first-order valence-corrected chi connectivity index (χ1v) is 20.7. The van der Waals surface area contributed by atoms with Crippen molar-refractivity contribution in [2.75, 3.05) is 0 Å². The van der Waals surface area contributed by atoms with E-state index in [1.807, 2.05) is 39.0 Å². The molecule has 3 unspecified atom stereocenters. The molecule has 11 heteroatoms. The van der Waals surface area contributed by atoms with Crippen LogP contribution in [0.4, 0.5) is 0 Å². The Morgan fingerprint density at radius 2 is 0.720 bits per heavy atom. The van der Waals surface area contributed by atoms with Crippen molar-refractivity contribution in [2.45, 2.75) is 197 Å². The molecule has 0 heterocycles. The highest BCUT2D eigenvalue weighted by Gasteiger charge is 2.38. The highest BCUT2D eigenvalue weighted by atomic mass is 31.2. The van der Waals surface area contributed by atoms with Gasteiger partial charge in [-0.15, -0.1) is 0 Å². The van der Waals surface area contributed by atoms with E-state index < -0.39 is 44.6 Å². The van der Waals surface area contributed by atoms with E-state index in [2.05, 4.69) is 20.8 Å². The Morgan fingerprint density at radius 3 is 0.940 bits per heavy atom. The van der Waals surface area contributed by atoms with E-state index in [1.54, 1.807) is 0 Å². The number of rotatable bonds is 30. The Labute approximate surface area is 303 Å². The van der Waals surface area contributed by atoms with E-state index in [1.165, 1.54) is 20.8 Å².